The third-order valence-electron chi connectivity index (χ3n) is 6.29. The topological polar surface area (TPSA) is 105 Å². The Morgan fingerprint density at radius 3 is 2.64 bits per heavy atom. The third kappa shape index (κ3) is 5.80. The first-order valence-electron chi connectivity index (χ1n) is 11.8. The van der Waals surface area contributed by atoms with Crippen LogP contribution in [-0.2, 0) is 11.3 Å². The lowest BCUT2D eigenvalue weighted by Crippen LogP contribution is -2.44. The van der Waals surface area contributed by atoms with E-state index in [0.29, 0.717) is 18.8 Å². The van der Waals surface area contributed by atoms with E-state index in [9.17, 15) is 19.5 Å². The molecular weight excluding hydrogens is 420 g/mol. The molecule has 1 unspecified atom stereocenters. The molecule has 8 nitrogen and oxygen atoms in total. The molecule has 2 aromatic rings. The van der Waals surface area contributed by atoms with Crippen LogP contribution in [0.3, 0.4) is 0 Å². The zero-order valence-electron chi connectivity index (χ0n) is 19.7. The van der Waals surface area contributed by atoms with E-state index in [1.54, 1.807) is 4.68 Å². The van der Waals surface area contributed by atoms with Gasteiger partial charge in [0.1, 0.15) is 5.69 Å². The summed E-state index contributed by atoms with van der Waals surface area (Å²) >= 11 is 0. The summed E-state index contributed by atoms with van der Waals surface area (Å²) in [6.07, 6.45) is 4.83. The number of piperidine rings is 1. The van der Waals surface area contributed by atoms with Gasteiger partial charge in [-0.2, -0.15) is 5.10 Å². The Morgan fingerprint density at radius 2 is 1.97 bits per heavy atom. The van der Waals surface area contributed by atoms with Crippen molar-refractivity contribution in [1.29, 1.82) is 0 Å². The molecule has 1 saturated heterocycles. The standard InChI is InChI=1S/C25H34N4O4/c1-4-10-18-12-8-9-14-28(18)25(33)22-15-21(27-29(22)5-2)24(32)26-20(16-23(30)31)19-13-7-6-11-17(19)3/h6-7,11,13,15,18,20H,4-5,8-10,12,14,16H2,1-3H3,(H,26,32)(H,30,31)/t18?,20-/m0/s1. The first-order valence-corrected chi connectivity index (χ1v) is 11.8. The molecule has 2 atom stereocenters. The molecule has 2 N–H and O–H groups in total. The summed E-state index contributed by atoms with van der Waals surface area (Å²) in [6, 6.07) is 8.43. The fourth-order valence-electron chi connectivity index (χ4n) is 4.61. The maximum absolute atomic E-state index is 13.4. The van der Waals surface area contributed by atoms with Gasteiger partial charge in [0.2, 0.25) is 0 Å². The van der Waals surface area contributed by atoms with Crippen LogP contribution in [0.1, 0.15) is 90.5 Å². The van der Waals surface area contributed by atoms with Gasteiger partial charge in [-0.25, -0.2) is 0 Å². The maximum atomic E-state index is 13.4. The van der Waals surface area contributed by atoms with Gasteiger partial charge in [-0.3, -0.25) is 19.1 Å². The number of carbonyl (C=O) groups excluding carboxylic acids is 2. The summed E-state index contributed by atoms with van der Waals surface area (Å²) in [7, 11) is 0. The highest BCUT2D eigenvalue weighted by Gasteiger charge is 2.30. The SMILES string of the molecule is CCCC1CCCCN1C(=O)c1cc(C(=O)N[C@@H](CC(=O)O)c2ccccc2C)nn1CC. The maximum Gasteiger partial charge on any atom is 0.305 e. The van der Waals surface area contributed by atoms with Crippen molar-refractivity contribution in [3.63, 3.8) is 0 Å². The molecular formula is C25H34N4O4. The number of hydrogen-bond donors (Lipinski definition) is 2. The number of carbonyl (C=O) groups is 3. The summed E-state index contributed by atoms with van der Waals surface area (Å²) in [6.45, 7) is 7.05. The fourth-order valence-corrected chi connectivity index (χ4v) is 4.61. The average Bonchev–Trinajstić information content (AvgIpc) is 3.23. The Labute approximate surface area is 195 Å². The van der Waals surface area contributed by atoms with Crippen molar-refractivity contribution in [2.24, 2.45) is 0 Å². The molecule has 1 fully saturated rings. The van der Waals surface area contributed by atoms with Gasteiger partial charge < -0.3 is 15.3 Å². The van der Waals surface area contributed by atoms with Crippen molar-refractivity contribution in [1.82, 2.24) is 20.0 Å². The minimum absolute atomic E-state index is 0.0949. The minimum Gasteiger partial charge on any atom is -0.481 e. The van der Waals surface area contributed by atoms with Crippen molar-refractivity contribution >= 4 is 17.8 Å². The monoisotopic (exact) mass is 454 g/mol. The first-order chi connectivity index (χ1) is 15.8. The first kappa shape index (κ1) is 24.5. The van der Waals surface area contributed by atoms with Gasteiger partial charge in [-0.1, -0.05) is 37.6 Å². The molecule has 1 aromatic heterocycles. The van der Waals surface area contributed by atoms with Crippen molar-refractivity contribution in [3.8, 4) is 0 Å². The van der Waals surface area contributed by atoms with E-state index in [1.807, 2.05) is 43.0 Å². The molecule has 0 saturated carbocycles. The highest BCUT2D eigenvalue weighted by atomic mass is 16.4. The number of amides is 2. The van der Waals surface area contributed by atoms with Crippen LogP contribution in [0.2, 0.25) is 0 Å². The normalized spacial score (nSPS) is 16.9. The number of carboxylic acid groups (broad SMARTS) is 1. The van der Waals surface area contributed by atoms with Crippen LogP contribution < -0.4 is 5.32 Å². The van der Waals surface area contributed by atoms with E-state index in [4.69, 9.17) is 0 Å². The largest absolute Gasteiger partial charge is 0.481 e. The average molecular weight is 455 g/mol. The van der Waals surface area contributed by atoms with Gasteiger partial charge in [-0.15, -0.1) is 0 Å². The van der Waals surface area contributed by atoms with Gasteiger partial charge in [0.15, 0.2) is 5.69 Å². The van der Waals surface area contributed by atoms with E-state index in [0.717, 1.165) is 43.2 Å². The zero-order valence-corrected chi connectivity index (χ0v) is 19.7. The fraction of sp³-hybridized carbons (Fsp3) is 0.520. The van der Waals surface area contributed by atoms with Gasteiger partial charge in [0.25, 0.3) is 11.8 Å². The summed E-state index contributed by atoms with van der Waals surface area (Å²) in [5.74, 6) is -1.59. The van der Waals surface area contributed by atoms with Crippen LogP contribution in [0, 0.1) is 6.92 Å². The lowest BCUT2D eigenvalue weighted by Gasteiger charge is -2.35. The number of aliphatic carboxylic acids is 1. The molecule has 8 heteroatoms. The molecule has 33 heavy (non-hydrogen) atoms. The molecule has 0 spiro atoms. The Balaban J connectivity index is 1.84. The van der Waals surface area contributed by atoms with Crippen LogP contribution in [0.5, 0.6) is 0 Å². The smallest absolute Gasteiger partial charge is 0.305 e. The van der Waals surface area contributed by atoms with E-state index in [1.165, 1.54) is 6.07 Å². The molecule has 3 rings (SSSR count). The molecule has 2 heterocycles. The van der Waals surface area contributed by atoms with E-state index in [2.05, 4.69) is 17.3 Å². The number of nitrogens with one attached hydrogen (secondary N) is 1. The summed E-state index contributed by atoms with van der Waals surface area (Å²) in [4.78, 5) is 39.8. The van der Waals surface area contributed by atoms with Crippen molar-refractivity contribution < 1.29 is 19.5 Å². The Bertz CT molecular complexity index is 998. The molecule has 1 aliphatic rings. The van der Waals surface area contributed by atoms with Crippen LogP contribution in [0.25, 0.3) is 0 Å². The molecule has 1 aliphatic heterocycles. The second-order valence-electron chi connectivity index (χ2n) is 8.65. The van der Waals surface area contributed by atoms with Crippen molar-refractivity contribution in [2.45, 2.75) is 77.9 Å². The summed E-state index contributed by atoms with van der Waals surface area (Å²) in [5, 5.41) is 16.6. The highest BCUT2D eigenvalue weighted by molar-refractivity contribution is 5.98. The number of carboxylic acids is 1. The molecule has 0 aliphatic carbocycles. The molecule has 0 radical (unpaired) electrons. The third-order valence-corrected chi connectivity index (χ3v) is 6.29. The lowest BCUT2D eigenvalue weighted by atomic mass is 9.97. The number of likely N-dealkylation sites (tertiary alicyclic amines) is 1. The van der Waals surface area contributed by atoms with Gasteiger partial charge in [0, 0.05) is 25.2 Å². The van der Waals surface area contributed by atoms with Crippen molar-refractivity contribution in [2.75, 3.05) is 6.54 Å². The second kappa shape index (κ2) is 11.1. The van der Waals surface area contributed by atoms with Gasteiger partial charge in [0.05, 0.1) is 12.5 Å². The molecule has 0 bridgehead atoms. The van der Waals surface area contributed by atoms with Crippen LogP contribution in [0.4, 0.5) is 0 Å². The number of aromatic nitrogens is 2. The number of rotatable bonds is 9. The Hall–Kier alpha value is -3.16. The summed E-state index contributed by atoms with van der Waals surface area (Å²) in [5.41, 5.74) is 2.16. The zero-order chi connectivity index (χ0) is 24.0. The van der Waals surface area contributed by atoms with Crippen LogP contribution >= 0.6 is 0 Å². The van der Waals surface area contributed by atoms with E-state index < -0.39 is 17.9 Å². The predicted octanol–water partition coefficient (Wildman–Crippen LogP) is 3.95. The summed E-state index contributed by atoms with van der Waals surface area (Å²) < 4.78 is 1.56. The number of aryl methyl sites for hydroxylation is 2. The van der Waals surface area contributed by atoms with E-state index >= 15 is 0 Å². The lowest BCUT2D eigenvalue weighted by molar-refractivity contribution is -0.137. The highest BCUT2D eigenvalue weighted by Crippen LogP contribution is 2.24. The van der Waals surface area contributed by atoms with Crippen molar-refractivity contribution in [3.05, 3.63) is 52.8 Å². The Morgan fingerprint density at radius 1 is 1.21 bits per heavy atom. The number of nitrogens with zero attached hydrogens (tertiary/aromatic N) is 3. The van der Waals surface area contributed by atoms with Crippen LogP contribution in [0.15, 0.2) is 30.3 Å². The predicted molar refractivity (Wildman–Crippen MR) is 125 cm³/mol. The Kier molecular flexibility index (Phi) is 8.25. The number of benzene rings is 1. The minimum atomic E-state index is -1.01. The van der Waals surface area contributed by atoms with Gasteiger partial charge >= 0.3 is 5.97 Å². The number of hydrogen-bond acceptors (Lipinski definition) is 4. The van der Waals surface area contributed by atoms with Crippen LogP contribution in [-0.4, -0.2) is 50.2 Å². The van der Waals surface area contributed by atoms with E-state index in [-0.39, 0.29) is 24.1 Å². The molecule has 178 valence electrons. The molecule has 2 amide bonds. The second-order valence-corrected chi connectivity index (χ2v) is 8.65. The van der Waals surface area contributed by atoms with Gasteiger partial charge in [-0.05, 0) is 50.7 Å². The molecule has 1 aromatic carbocycles. The quantitative estimate of drug-likeness (QED) is 0.597.